The van der Waals surface area contributed by atoms with Crippen molar-refractivity contribution in [2.75, 3.05) is 25.4 Å². The molecule has 2 aromatic rings. The molecule has 0 N–H and O–H groups in total. The molecule has 0 saturated carbocycles. The van der Waals surface area contributed by atoms with Gasteiger partial charge in [-0.25, -0.2) is 0 Å². The summed E-state index contributed by atoms with van der Waals surface area (Å²) in [6, 6.07) is 9.61. The third kappa shape index (κ3) is 3.40. The summed E-state index contributed by atoms with van der Waals surface area (Å²) < 4.78 is 0. The fraction of sp³-hybridized carbons (Fsp3) is 0.368. The normalized spacial score (nSPS) is 18.4. The fourth-order valence-corrected chi connectivity index (χ4v) is 5.98. The average molecular weight is 418 g/mol. The van der Waals surface area contributed by atoms with Crippen molar-refractivity contribution >= 4 is 40.6 Å². The van der Waals surface area contributed by atoms with Gasteiger partial charge in [0.25, 0.3) is 17.5 Å². The number of hydrogen-bond donors (Lipinski definition) is 0. The van der Waals surface area contributed by atoms with Gasteiger partial charge >= 0.3 is 0 Å². The van der Waals surface area contributed by atoms with Crippen LogP contribution in [-0.4, -0.2) is 56.8 Å². The number of hydrogen-bond acceptors (Lipinski definition) is 6. The van der Waals surface area contributed by atoms with Crippen LogP contribution in [0.15, 0.2) is 41.8 Å². The number of nitrogens with zero attached hydrogens (tertiary/aromatic N) is 3. The Bertz CT molecular complexity index is 908. The highest BCUT2D eigenvalue weighted by atomic mass is 32.2. The number of piperidine rings is 1. The van der Waals surface area contributed by atoms with Crippen LogP contribution in [0.4, 0.5) is 5.69 Å². The summed E-state index contributed by atoms with van der Waals surface area (Å²) in [6.07, 6.45) is 1.41. The molecule has 2 aliphatic rings. The molecule has 9 heteroatoms. The van der Waals surface area contributed by atoms with Crippen LogP contribution in [0.2, 0.25) is 0 Å². The Hall–Kier alpha value is -2.39. The first kappa shape index (κ1) is 18.9. The van der Waals surface area contributed by atoms with E-state index in [0.29, 0.717) is 38.0 Å². The van der Waals surface area contributed by atoms with Crippen LogP contribution in [0.25, 0.3) is 0 Å². The molecule has 1 spiro atoms. The van der Waals surface area contributed by atoms with Crippen LogP contribution < -0.4 is 0 Å². The second-order valence-corrected chi connectivity index (χ2v) is 9.23. The predicted molar refractivity (Wildman–Crippen MR) is 109 cm³/mol. The largest absolute Gasteiger partial charge is 0.338 e. The number of carbonyl (C=O) groups excluding carboxylic acids is 2. The Morgan fingerprint density at radius 3 is 2.54 bits per heavy atom. The van der Waals surface area contributed by atoms with Crippen LogP contribution in [-0.2, 0) is 0 Å². The molecule has 28 heavy (non-hydrogen) atoms. The van der Waals surface area contributed by atoms with E-state index < -0.39 is 4.92 Å². The summed E-state index contributed by atoms with van der Waals surface area (Å²) in [5.74, 6) is 0.704. The summed E-state index contributed by atoms with van der Waals surface area (Å²) >= 11 is 3.19. The molecular formula is C19H19N3O4S2. The second-order valence-electron chi connectivity index (χ2n) is 6.83. The Morgan fingerprint density at radius 1 is 1.07 bits per heavy atom. The van der Waals surface area contributed by atoms with Crippen molar-refractivity contribution < 1.29 is 14.5 Å². The molecule has 2 fully saturated rings. The molecule has 0 atom stereocenters. The molecule has 2 amide bonds. The molecule has 146 valence electrons. The zero-order valence-electron chi connectivity index (χ0n) is 15.1. The van der Waals surface area contributed by atoms with Crippen LogP contribution in [0.5, 0.6) is 0 Å². The molecule has 1 aromatic heterocycles. The van der Waals surface area contributed by atoms with Crippen molar-refractivity contribution in [1.82, 2.24) is 9.80 Å². The number of amides is 2. The van der Waals surface area contributed by atoms with Crippen molar-refractivity contribution in [3.05, 3.63) is 62.3 Å². The highest BCUT2D eigenvalue weighted by molar-refractivity contribution is 8.00. The van der Waals surface area contributed by atoms with Gasteiger partial charge < -0.3 is 9.80 Å². The third-order valence-corrected chi connectivity index (χ3v) is 7.70. The fourth-order valence-electron chi connectivity index (χ4n) is 3.83. The quantitative estimate of drug-likeness (QED) is 0.564. The Kier molecular flexibility index (Phi) is 5.11. The van der Waals surface area contributed by atoms with Crippen molar-refractivity contribution in [3.63, 3.8) is 0 Å². The lowest BCUT2D eigenvalue weighted by Gasteiger charge is -2.44. The monoisotopic (exact) mass is 417 g/mol. The van der Waals surface area contributed by atoms with E-state index in [1.54, 1.807) is 23.9 Å². The molecule has 7 nitrogen and oxygen atoms in total. The van der Waals surface area contributed by atoms with Crippen LogP contribution >= 0.6 is 23.1 Å². The highest BCUT2D eigenvalue weighted by Crippen LogP contribution is 2.44. The summed E-state index contributed by atoms with van der Waals surface area (Å²) in [7, 11) is 0. The van der Waals surface area contributed by atoms with Crippen LogP contribution in [0.3, 0.4) is 0 Å². The number of rotatable bonds is 3. The molecule has 2 aliphatic heterocycles. The molecule has 4 rings (SSSR count). The van der Waals surface area contributed by atoms with Gasteiger partial charge in [-0.15, -0.1) is 23.1 Å². The number of non-ortho nitro benzene ring substituents is 1. The van der Waals surface area contributed by atoms with E-state index in [-0.39, 0.29) is 22.4 Å². The van der Waals surface area contributed by atoms with Gasteiger partial charge in [0.05, 0.1) is 14.7 Å². The maximum absolute atomic E-state index is 13.1. The molecule has 0 bridgehead atoms. The van der Waals surface area contributed by atoms with E-state index in [1.165, 1.54) is 23.5 Å². The zero-order chi connectivity index (χ0) is 19.7. The summed E-state index contributed by atoms with van der Waals surface area (Å²) in [6.45, 7) is 1.82. The van der Waals surface area contributed by atoms with E-state index in [2.05, 4.69) is 0 Å². The smallest absolute Gasteiger partial charge is 0.270 e. The Morgan fingerprint density at radius 2 is 1.86 bits per heavy atom. The van der Waals surface area contributed by atoms with Crippen molar-refractivity contribution in [1.29, 1.82) is 0 Å². The molecule has 0 aliphatic carbocycles. The molecule has 0 radical (unpaired) electrons. The topological polar surface area (TPSA) is 83.8 Å². The Labute approximate surface area is 170 Å². The summed E-state index contributed by atoms with van der Waals surface area (Å²) in [4.78, 5) is 40.3. The van der Waals surface area contributed by atoms with Crippen LogP contribution in [0, 0.1) is 10.1 Å². The van der Waals surface area contributed by atoms with Crippen molar-refractivity contribution in [3.8, 4) is 0 Å². The lowest BCUT2D eigenvalue weighted by Crippen LogP contribution is -2.53. The number of nitro groups is 1. The molecule has 2 saturated heterocycles. The van der Waals surface area contributed by atoms with Gasteiger partial charge in [-0.1, -0.05) is 12.1 Å². The van der Waals surface area contributed by atoms with Gasteiger partial charge in [-0.05, 0) is 30.4 Å². The van der Waals surface area contributed by atoms with Crippen LogP contribution in [0.1, 0.15) is 32.9 Å². The minimum Gasteiger partial charge on any atom is -0.338 e. The number of likely N-dealkylation sites (tertiary alicyclic amines) is 1. The Balaban J connectivity index is 1.49. The number of thiophene rings is 1. The van der Waals surface area contributed by atoms with Gasteiger partial charge in [0.1, 0.15) is 0 Å². The summed E-state index contributed by atoms with van der Waals surface area (Å²) in [5, 5.41) is 12.9. The minimum absolute atomic E-state index is 0.0457. The van der Waals surface area contributed by atoms with Gasteiger partial charge in [0.15, 0.2) is 0 Å². The van der Waals surface area contributed by atoms with E-state index >= 15 is 0 Å². The lowest BCUT2D eigenvalue weighted by molar-refractivity contribution is -0.384. The van der Waals surface area contributed by atoms with E-state index in [4.69, 9.17) is 0 Å². The number of nitro benzene ring substituents is 1. The summed E-state index contributed by atoms with van der Waals surface area (Å²) in [5.41, 5.74) is 0.260. The third-order valence-electron chi connectivity index (χ3n) is 5.29. The minimum atomic E-state index is -0.486. The highest BCUT2D eigenvalue weighted by Gasteiger charge is 2.47. The van der Waals surface area contributed by atoms with E-state index in [1.807, 2.05) is 27.3 Å². The van der Waals surface area contributed by atoms with E-state index in [0.717, 1.165) is 10.6 Å². The number of carbonyl (C=O) groups is 2. The standard InChI is InChI=1S/C19H19N3O4S2/c23-17(14-3-1-4-15(13-14)22(25)26)21-10-12-28-19(21)6-8-20(9-7-19)18(24)16-5-2-11-27-16/h1-5,11,13H,6-10,12H2. The molecule has 1 aromatic carbocycles. The first-order valence-corrected chi connectivity index (χ1v) is 10.9. The average Bonchev–Trinajstić information content (AvgIpc) is 3.38. The number of thioether (sulfide) groups is 1. The van der Waals surface area contributed by atoms with Gasteiger partial charge in [0, 0.05) is 43.1 Å². The van der Waals surface area contributed by atoms with Gasteiger partial charge in [0.2, 0.25) is 0 Å². The van der Waals surface area contributed by atoms with E-state index in [9.17, 15) is 19.7 Å². The maximum Gasteiger partial charge on any atom is 0.270 e. The predicted octanol–water partition coefficient (Wildman–Crippen LogP) is 3.48. The first-order chi connectivity index (χ1) is 13.5. The maximum atomic E-state index is 13.1. The SMILES string of the molecule is O=C(c1cccs1)N1CCC2(CC1)SCCN2C(=O)c1cccc([N+](=O)[O-])c1. The van der Waals surface area contributed by atoms with Gasteiger partial charge in [-0.2, -0.15) is 0 Å². The molecule has 3 heterocycles. The first-order valence-electron chi connectivity index (χ1n) is 9.03. The zero-order valence-corrected chi connectivity index (χ0v) is 16.7. The van der Waals surface area contributed by atoms with Crippen molar-refractivity contribution in [2.45, 2.75) is 17.7 Å². The number of benzene rings is 1. The second kappa shape index (κ2) is 7.56. The van der Waals surface area contributed by atoms with Gasteiger partial charge in [-0.3, -0.25) is 19.7 Å². The molecule has 0 unspecified atom stereocenters. The molecular weight excluding hydrogens is 398 g/mol. The van der Waals surface area contributed by atoms with Crippen molar-refractivity contribution in [2.24, 2.45) is 0 Å². The lowest BCUT2D eigenvalue weighted by atomic mass is 10.0.